The van der Waals surface area contributed by atoms with Gasteiger partial charge < -0.3 is 9.47 Å². The van der Waals surface area contributed by atoms with Gasteiger partial charge in [0.2, 0.25) is 11.8 Å². The first-order chi connectivity index (χ1) is 11.3. The fourth-order valence-electron chi connectivity index (χ4n) is 4.18. The van der Waals surface area contributed by atoms with Crippen LogP contribution in [0.4, 0.5) is 5.69 Å². The number of carbonyl (C=O) groups excluding carboxylic acids is 3. The fourth-order valence-corrected chi connectivity index (χ4v) is 4.18. The molecule has 3 heterocycles. The van der Waals surface area contributed by atoms with Gasteiger partial charge >= 0.3 is 5.97 Å². The van der Waals surface area contributed by atoms with Crippen LogP contribution in [0.1, 0.15) is 24.2 Å². The van der Waals surface area contributed by atoms with Gasteiger partial charge in [-0.15, -0.1) is 0 Å². The number of fused-ring (bicyclic) bond motifs is 5. The van der Waals surface area contributed by atoms with Crippen molar-refractivity contribution in [2.75, 3.05) is 12.0 Å². The van der Waals surface area contributed by atoms with Crippen molar-refractivity contribution in [2.24, 2.45) is 11.8 Å². The molecule has 0 aromatic heterocycles. The standard InChI is InChI=1S/C18H17NO5/c1-17-7-8-18(2,24-17)13-12(17)14(20)19(15(13)21)11-6-4-5-10(9-11)16(22)23-3/h4-9,12-13H,1-3H3/t12-,13+,17-,18-/m1/s1. The van der Waals surface area contributed by atoms with Gasteiger partial charge in [-0.05, 0) is 32.0 Å². The lowest BCUT2D eigenvalue weighted by atomic mass is 9.73. The number of carbonyl (C=O) groups is 3. The average molecular weight is 327 g/mol. The molecule has 0 spiro atoms. The van der Waals surface area contributed by atoms with E-state index in [0.717, 1.165) is 0 Å². The number of amides is 2. The van der Waals surface area contributed by atoms with Gasteiger partial charge in [-0.25, -0.2) is 9.69 Å². The van der Waals surface area contributed by atoms with Gasteiger partial charge in [0.05, 0.1) is 41.4 Å². The van der Waals surface area contributed by atoms with Crippen LogP contribution in [0.15, 0.2) is 36.4 Å². The molecule has 0 unspecified atom stereocenters. The molecule has 24 heavy (non-hydrogen) atoms. The molecular formula is C18H17NO5. The summed E-state index contributed by atoms with van der Waals surface area (Å²) >= 11 is 0. The van der Waals surface area contributed by atoms with E-state index < -0.39 is 29.0 Å². The minimum Gasteiger partial charge on any atom is -0.465 e. The molecule has 6 nitrogen and oxygen atoms in total. The summed E-state index contributed by atoms with van der Waals surface area (Å²) in [5.41, 5.74) is -0.849. The number of rotatable bonds is 2. The first-order valence-electron chi connectivity index (χ1n) is 7.77. The third kappa shape index (κ3) is 1.72. The summed E-state index contributed by atoms with van der Waals surface area (Å²) in [6.07, 6.45) is 3.74. The Balaban J connectivity index is 1.76. The highest BCUT2D eigenvalue weighted by molar-refractivity contribution is 6.23. The number of nitrogens with zero attached hydrogens (tertiary/aromatic N) is 1. The van der Waals surface area contributed by atoms with E-state index in [2.05, 4.69) is 0 Å². The number of hydrogen-bond acceptors (Lipinski definition) is 5. The van der Waals surface area contributed by atoms with Crippen LogP contribution < -0.4 is 4.90 Å². The lowest BCUT2D eigenvalue weighted by molar-refractivity contribution is -0.128. The van der Waals surface area contributed by atoms with Crippen molar-refractivity contribution in [1.82, 2.24) is 0 Å². The van der Waals surface area contributed by atoms with E-state index in [4.69, 9.17) is 9.47 Å². The number of benzene rings is 1. The molecule has 0 aliphatic carbocycles. The van der Waals surface area contributed by atoms with Crippen molar-refractivity contribution in [3.05, 3.63) is 42.0 Å². The molecule has 2 amide bonds. The van der Waals surface area contributed by atoms with Crippen LogP contribution in [0.5, 0.6) is 0 Å². The Morgan fingerprint density at radius 2 is 1.71 bits per heavy atom. The number of methoxy groups -OCH3 is 1. The Kier molecular flexibility index (Phi) is 2.85. The van der Waals surface area contributed by atoms with Gasteiger partial charge in [0, 0.05) is 0 Å². The quantitative estimate of drug-likeness (QED) is 0.470. The van der Waals surface area contributed by atoms with Crippen LogP contribution in [0.3, 0.4) is 0 Å². The number of ether oxygens (including phenoxy) is 2. The summed E-state index contributed by atoms with van der Waals surface area (Å²) in [6.45, 7) is 3.66. The lowest BCUT2D eigenvalue weighted by Gasteiger charge is -2.25. The van der Waals surface area contributed by atoms with Gasteiger partial charge in [-0.2, -0.15) is 0 Å². The van der Waals surface area contributed by atoms with Crippen LogP contribution in [0, 0.1) is 11.8 Å². The maximum Gasteiger partial charge on any atom is 0.337 e. The Morgan fingerprint density at radius 1 is 1.12 bits per heavy atom. The predicted molar refractivity (Wildman–Crippen MR) is 84.3 cm³/mol. The van der Waals surface area contributed by atoms with Crippen molar-refractivity contribution in [1.29, 1.82) is 0 Å². The highest BCUT2D eigenvalue weighted by Gasteiger charge is 2.70. The van der Waals surface area contributed by atoms with E-state index >= 15 is 0 Å². The first-order valence-corrected chi connectivity index (χ1v) is 7.77. The molecule has 0 radical (unpaired) electrons. The largest absolute Gasteiger partial charge is 0.465 e. The summed E-state index contributed by atoms with van der Waals surface area (Å²) < 4.78 is 10.7. The van der Waals surface area contributed by atoms with E-state index in [-0.39, 0.29) is 11.8 Å². The molecule has 2 saturated heterocycles. The molecule has 2 fully saturated rings. The monoisotopic (exact) mass is 327 g/mol. The Morgan fingerprint density at radius 3 is 2.25 bits per heavy atom. The van der Waals surface area contributed by atoms with Crippen LogP contribution in [-0.4, -0.2) is 36.1 Å². The van der Waals surface area contributed by atoms with Gasteiger partial charge in [-0.1, -0.05) is 18.2 Å². The second kappa shape index (κ2) is 4.54. The van der Waals surface area contributed by atoms with Crippen molar-refractivity contribution in [2.45, 2.75) is 25.0 Å². The SMILES string of the molecule is COC(=O)c1cccc(N2C(=O)[C@@H]3[C@H](C2=O)[C@@]2(C)C=C[C@@]3(C)O2)c1. The summed E-state index contributed by atoms with van der Waals surface area (Å²) in [4.78, 5) is 38.8. The highest BCUT2D eigenvalue weighted by Crippen LogP contribution is 2.57. The molecule has 2 bridgehead atoms. The molecule has 124 valence electrons. The Hall–Kier alpha value is -2.47. The maximum atomic E-state index is 13.0. The minimum absolute atomic E-state index is 0.289. The third-order valence-electron chi connectivity index (χ3n) is 5.25. The second-order valence-electron chi connectivity index (χ2n) is 6.81. The van der Waals surface area contributed by atoms with Gasteiger partial charge in [-0.3, -0.25) is 9.59 Å². The number of hydrogen-bond donors (Lipinski definition) is 0. The summed E-state index contributed by atoms with van der Waals surface area (Å²) in [7, 11) is 1.29. The lowest BCUT2D eigenvalue weighted by Crippen LogP contribution is -2.39. The van der Waals surface area contributed by atoms with E-state index in [0.29, 0.717) is 11.3 Å². The zero-order valence-electron chi connectivity index (χ0n) is 13.6. The molecule has 3 aliphatic heterocycles. The molecule has 6 heteroatoms. The molecule has 4 rings (SSSR count). The molecule has 3 aliphatic rings. The number of imide groups is 1. The second-order valence-corrected chi connectivity index (χ2v) is 6.81. The van der Waals surface area contributed by atoms with E-state index in [9.17, 15) is 14.4 Å². The fraction of sp³-hybridized carbons (Fsp3) is 0.389. The third-order valence-corrected chi connectivity index (χ3v) is 5.25. The smallest absolute Gasteiger partial charge is 0.337 e. The van der Waals surface area contributed by atoms with Crippen LogP contribution in [0.2, 0.25) is 0 Å². The molecule has 0 saturated carbocycles. The van der Waals surface area contributed by atoms with E-state index in [1.165, 1.54) is 18.1 Å². The van der Waals surface area contributed by atoms with Gasteiger partial charge in [0.25, 0.3) is 0 Å². The minimum atomic E-state index is -0.763. The van der Waals surface area contributed by atoms with Crippen molar-refractivity contribution in [3.63, 3.8) is 0 Å². The summed E-state index contributed by atoms with van der Waals surface area (Å²) in [6, 6.07) is 6.36. The maximum absolute atomic E-state index is 13.0. The van der Waals surface area contributed by atoms with Crippen LogP contribution in [-0.2, 0) is 19.1 Å². The first kappa shape index (κ1) is 15.1. The van der Waals surface area contributed by atoms with Gasteiger partial charge in [0.1, 0.15) is 0 Å². The number of esters is 1. The normalized spacial score (nSPS) is 36.4. The number of anilines is 1. The highest BCUT2D eigenvalue weighted by atomic mass is 16.5. The van der Waals surface area contributed by atoms with Crippen molar-refractivity contribution in [3.8, 4) is 0 Å². The van der Waals surface area contributed by atoms with Gasteiger partial charge in [0.15, 0.2) is 0 Å². The van der Waals surface area contributed by atoms with E-state index in [1.807, 2.05) is 26.0 Å². The molecular weight excluding hydrogens is 310 g/mol. The average Bonchev–Trinajstić information content (AvgIpc) is 3.11. The molecule has 0 N–H and O–H groups in total. The molecule has 4 atom stereocenters. The summed E-state index contributed by atoms with van der Waals surface area (Å²) in [5, 5.41) is 0. The van der Waals surface area contributed by atoms with Crippen molar-refractivity contribution >= 4 is 23.5 Å². The zero-order chi connectivity index (χ0) is 17.3. The van der Waals surface area contributed by atoms with E-state index in [1.54, 1.807) is 18.2 Å². The molecule has 1 aromatic carbocycles. The Bertz CT molecular complexity index is 779. The predicted octanol–water partition coefficient (Wildman–Crippen LogP) is 1.70. The zero-order valence-corrected chi connectivity index (χ0v) is 13.6. The summed E-state index contributed by atoms with van der Waals surface area (Å²) in [5.74, 6) is -2.17. The Labute approximate surface area is 139 Å². The van der Waals surface area contributed by atoms with Crippen LogP contribution in [0.25, 0.3) is 0 Å². The van der Waals surface area contributed by atoms with Crippen LogP contribution >= 0.6 is 0 Å². The molecule has 1 aromatic rings. The topological polar surface area (TPSA) is 72.9 Å². The van der Waals surface area contributed by atoms with Crippen molar-refractivity contribution < 1.29 is 23.9 Å².